The van der Waals surface area contributed by atoms with Crippen LogP contribution < -0.4 is 10.1 Å². The largest absolute Gasteiger partial charge is 0.478 e. The first kappa shape index (κ1) is 16.5. The van der Waals surface area contributed by atoms with Crippen molar-refractivity contribution in [2.75, 3.05) is 25.0 Å². The van der Waals surface area contributed by atoms with Gasteiger partial charge in [-0.1, -0.05) is 0 Å². The molecular formula is C19H23N3O2S. The molecule has 0 spiro atoms. The number of aromatic nitrogens is 1. The van der Waals surface area contributed by atoms with Crippen LogP contribution in [0.4, 0.5) is 5.82 Å². The van der Waals surface area contributed by atoms with Crippen molar-refractivity contribution in [2.24, 2.45) is 0 Å². The number of rotatable bonds is 6. The van der Waals surface area contributed by atoms with Crippen LogP contribution in [0.5, 0.6) is 5.88 Å². The summed E-state index contributed by atoms with van der Waals surface area (Å²) in [5.74, 6) is 1.29. The molecule has 132 valence electrons. The zero-order valence-electron chi connectivity index (χ0n) is 14.3. The first-order chi connectivity index (χ1) is 12.3. The number of nitrogens with one attached hydrogen (secondary N) is 1. The molecule has 6 heteroatoms. The summed E-state index contributed by atoms with van der Waals surface area (Å²) in [5, 5.41) is 5.02. The van der Waals surface area contributed by atoms with E-state index in [0.29, 0.717) is 24.7 Å². The molecule has 2 aliphatic heterocycles. The highest BCUT2D eigenvalue weighted by Gasteiger charge is 2.17. The predicted molar refractivity (Wildman–Crippen MR) is 99.2 cm³/mol. The first-order valence-corrected chi connectivity index (χ1v) is 9.86. The summed E-state index contributed by atoms with van der Waals surface area (Å²) in [6.45, 7) is 4.04. The number of nitrogens with zero attached hydrogens (tertiary/aromatic N) is 2. The Balaban J connectivity index is 1.19. The number of pyridine rings is 1. The third-order valence-corrected chi connectivity index (χ3v) is 5.80. The van der Waals surface area contributed by atoms with E-state index in [-0.39, 0.29) is 5.91 Å². The van der Waals surface area contributed by atoms with Gasteiger partial charge in [-0.05, 0) is 60.9 Å². The molecule has 5 nitrogen and oxygen atoms in total. The second-order valence-corrected chi connectivity index (χ2v) is 7.66. The van der Waals surface area contributed by atoms with Crippen molar-refractivity contribution in [3.8, 4) is 5.88 Å². The van der Waals surface area contributed by atoms with Gasteiger partial charge in [0.15, 0.2) is 0 Å². The topological polar surface area (TPSA) is 54.5 Å². The monoisotopic (exact) mass is 357 g/mol. The molecule has 0 fully saturated rings. The summed E-state index contributed by atoms with van der Waals surface area (Å²) < 4.78 is 5.76. The molecule has 4 heterocycles. The average molecular weight is 357 g/mol. The molecule has 0 aromatic carbocycles. The van der Waals surface area contributed by atoms with Crippen molar-refractivity contribution < 1.29 is 9.53 Å². The van der Waals surface area contributed by atoms with Crippen molar-refractivity contribution in [1.29, 1.82) is 0 Å². The molecule has 0 saturated carbocycles. The van der Waals surface area contributed by atoms with Gasteiger partial charge in [-0.2, -0.15) is 4.98 Å². The number of fused-ring (bicyclic) bond motifs is 2. The number of ether oxygens (including phenoxy) is 1. The fourth-order valence-corrected chi connectivity index (χ4v) is 4.37. The lowest BCUT2D eigenvalue weighted by atomic mass is 10.1. The van der Waals surface area contributed by atoms with E-state index in [1.165, 1.54) is 16.9 Å². The predicted octanol–water partition coefficient (Wildman–Crippen LogP) is 3.25. The van der Waals surface area contributed by atoms with Crippen LogP contribution in [0, 0.1) is 0 Å². The molecule has 1 amide bonds. The normalized spacial score (nSPS) is 16.9. The van der Waals surface area contributed by atoms with Gasteiger partial charge in [0.2, 0.25) is 11.8 Å². The van der Waals surface area contributed by atoms with E-state index in [9.17, 15) is 4.79 Å². The Morgan fingerprint density at radius 1 is 1.16 bits per heavy atom. The maximum absolute atomic E-state index is 11.5. The van der Waals surface area contributed by atoms with Crippen LogP contribution in [0.15, 0.2) is 23.6 Å². The molecule has 1 N–H and O–H groups in total. The summed E-state index contributed by atoms with van der Waals surface area (Å²) in [6.07, 6.45) is 4.62. The van der Waals surface area contributed by atoms with E-state index in [1.54, 1.807) is 0 Å². The minimum atomic E-state index is 0.0348. The van der Waals surface area contributed by atoms with Crippen LogP contribution >= 0.6 is 11.3 Å². The van der Waals surface area contributed by atoms with Gasteiger partial charge < -0.3 is 10.1 Å². The fourth-order valence-electron chi connectivity index (χ4n) is 3.40. The Labute approximate surface area is 152 Å². The molecule has 0 radical (unpaired) electrons. The van der Waals surface area contributed by atoms with E-state index in [2.05, 4.69) is 26.6 Å². The SMILES string of the molecule is O=C1CCc2ccc(OCCCCN3CCc4ccsc4C3)nc2N1. The number of amides is 1. The van der Waals surface area contributed by atoms with Crippen LogP contribution in [0.2, 0.25) is 0 Å². The summed E-state index contributed by atoms with van der Waals surface area (Å²) in [6, 6.07) is 6.17. The molecule has 2 aliphatic rings. The number of hydrogen-bond acceptors (Lipinski definition) is 5. The number of hydrogen-bond donors (Lipinski definition) is 1. The van der Waals surface area contributed by atoms with Gasteiger partial charge >= 0.3 is 0 Å². The summed E-state index contributed by atoms with van der Waals surface area (Å²) >= 11 is 1.88. The zero-order valence-corrected chi connectivity index (χ0v) is 15.1. The lowest BCUT2D eigenvalue weighted by molar-refractivity contribution is -0.116. The number of aryl methyl sites for hydroxylation is 1. The van der Waals surface area contributed by atoms with Gasteiger partial charge in [0, 0.05) is 30.5 Å². The van der Waals surface area contributed by atoms with Crippen molar-refractivity contribution in [2.45, 2.75) is 38.6 Å². The third kappa shape index (κ3) is 4.02. The smallest absolute Gasteiger partial charge is 0.225 e. The number of carbonyl (C=O) groups is 1. The van der Waals surface area contributed by atoms with Gasteiger partial charge in [-0.15, -0.1) is 11.3 Å². The standard InChI is InChI=1S/C19H23N3O2S/c23-17-5-3-15-4-6-18(21-19(15)20-17)24-11-2-1-9-22-10-7-14-8-12-25-16(14)13-22/h4,6,8,12H,1-3,5,7,9-11,13H2,(H,20,21,23). The van der Waals surface area contributed by atoms with Crippen LogP contribution in [0.25, 0.3) is 0 Å². The quantitative estimate of drug-likeness (QED) is 0.807. The Morgan fingerprint density at radius 2 is 2.12 bits per heavy atom. The van der Waals surface area contributed by atoms with Crippen molar-refractivity contribution in [3.05, 3.63) is 39.6 Å². The van der Waals surface area contributed by atoms with E-state index < -0.39 is 0 Å². The summed E-state index contributed by atoms with van der Waals surface area (Å²) in [4.78, 5) is 19.9. The summed E-state index contributed by atoms with van der Waals surface area (Å²) in [7, 11) is 0. The van der Waals surface area contributed by atoms with Gasteiger partial charge in [-0.3, -0.25) is 9.69 Å². The molecule has 0 aliphatic carbocycles. The molecule has 4 rings (SSSR count). The van der Waals surface area contributed by atoms with Gasteiger partial charge in [0.1, 0.15) is 5.82 Å². The molecule has 0 bridgehead atoms. The van der Waals surface area contributed by atoms with Gasteiger partial charge in [0.25, 0.3) is 0 Å². The van der Waals surface area contributed by atoms with Crippen molar-refractivity contribution in [3.63, 3.8) is 0 Å². The van der Waals surface area contributed by atoms with Crippen LogP contribution in [-0.4, -0.2) is 35.5 Å². The molecular weight excluding hydrogens is 334 g/mol. The maximum Gasteiger partial charge on any atom is 0.225 e. The third-order valence-electron chi connectivity index (χ3n) is 4.85. The fraction of sp³-hybridized carbons (Fsp3) is 0.474. The van der Waals surface area contributed by atoms with Gasteiger partial charge in [-0.25, -0.2) is 0 Å². The van der Waals surface area contributed by atoms with Crippen molar-refractivity contribution in [1.82, 2.24) is 9.88 Å². The number of unbranched alkanes of at least 4 members (excludes halogenated alkanes) is 1. The van der Waals surface area contributed by atoms with Crippen molar-refractivity contribution >= 4 is 23.1 Å². The Kier molecular flexibility index (Phi) is 4.99. The highest BCUT2D eigenvalue weighted by Crippen LogP contribution is 2.25. The molecule has 2 aromatic heterocycles. The van der Waals surface area contributed by atoms with E-state index in [0.717, 1.165) is 44.5 Å². The van der Waals surface area contributed by atoms with E-state index in [1.807, 2.05) is 23.5 Å². The van der Waals surface area contributed by atoms with Crippen LogP contribution in [0.1, 0.15) is 35.3 Å². The van der Waals surface area contributed by atoms with Crippen LogP contribution in [0.3, 0.4) is 0 Å². The Bertz CT molecular complexity index is 759. The number of thiophene rings is 1. The molecule has 0 unspecified atom stereocenters. The number of anilines is 1. The lowest BCUT2D eigenvalue weighted by Crippen LogP contribution is -2.30. The summed E-state index contributed by atoms with van der Waals surface area (Å²) in [5.41, 5.74) is 2.63. The highest BCUT2D eigenvalue weighted by atomic mass is 32.1. The van der Waals surface area contributed by atoms with Gasteiger partial charge in [0.05, 0.1) is 6.61 Å². The first-order valence-electron chi connectivity index (χ1n) is 8.98. The Hall–Kier alpha value is -1.92. The molecule has 0 saturated heterocycles. The maximum atomic E-state index is 11.5. The number of carbonyl (C=O) groups excluding carboxylic acids is 1. The van der Waals surface area contributed by atoms with E-state index in [4.69, 9.17) is 4.74 Å². The highest BCUT2D eigenvalue weighted by molar-refractivity contribution is 7.10. The second kappa shape index (κ2) is 7.54. The zero-order chi connectivity index (χ0) is 17.1. The molecule has 0 atom stereocenters. The average Bonchev–Trinajstić information content (AvgIpc) is 3.09. The second-order valence-electron chi connectivity index (χ2n) is 6.66. The lowest BCUT2D eigenvalue weighted by Gasteiger charge is -2.26. The Morgan fingerprint density at radius 3 is 3.08 bits per heavy atom. The minimum absolute atomic E-state index is 0.0348. The molecule has 2 aromatic rings. The van der Waals surface area contributed by atoms with Crippen LogP contribution in [-0.2, 0) is 24.2 Å². The molecule has 25 heavy (non-hydrogen) atoms. The minimum Gasteiger partial charge on any atom is -0.478 e. The van der Waals surface area contributed by atoms with E-state index >= 15 is 0 Å².